The number of carbonyl (C=O) groups excluding carboxylic acids is 1. The predicted octanol–water partition coefficient (Wildman–Crippen LogP) is 4.87. The maximum Gasteiger partial charge on any atom is 0.422 e. The van der Waals surface area contributed by atoms with Crippen LogP contribution < -0.4 is 14.4 Å². The van der Waals surface area contributed by atoms with Gasteiger partial charge in [-0.1, -0.05) is 6.07 Å². The Hall–Kier alpha value is -2.81. The molecule has 1 aliphatic carbocycles. The van der Waals surface area contributed by atoms with Gasteiger partial charge in [-0.25, -0.2) is 4.39 Å². The summed E-state index contributed by atoms with van der Waals surface area (Å²) >= 11 is 0. The van der Waals surface area contributed by atoms with Crippen LogP contribution in [0.15, 0.2) is 48.5 Å². The highest BCUT2D eigenvalue weighted by Crippen LogP contribution is 2.48. The zero-order valence-electron chi connectivity index (χ0n) is 17.9. The van der Waals surface area contributed by atoms with Crippen LogP contribution in [-0.4, -0.2) is 42.5 Å². The summed E-state index contributed by atoms with van der Waals surface area (Å²) in [6.45, 7) is -0.854. The van der Waals surface area contributed by atoms with E-state index in [-0.39, 0.29) is 18.3 Å². The minimum Gasteiger partial charge on any atom is -0.490 e. The Kier molecular flexibility index (Phi) is 6.26. The molecule has 1 saturated heterocycles. The van der Waals surface area contributed by atoms with Crippen LogP contribution in [-0.2, 0) is 4.79 Å². The van der Waals surface area contributed by atoms with E-state index in [9.17, 15) is 27.5 Å². The van der Waals surface area contributed by atoms with E-state index in [2.05, 4.69) is 0 Å². The number of hydrogen-bond donors (Lipinski definition) is 1. The fraction of sp³-hybridized carbons (Fsp3) is 0.458. The molecule has 0 aromatic heterocycles. The van der Waals surface area contributed by atoms with E-state index in [1.54, 1.807) is 23.1 Å². The highest BCUT2D eigenvalue weighted by Gasteiger charge is 2.51. The van der Waals surface area contributed by atoms with Crippen LogP contribution in [0.3, 0.4) is 0 Å². The lowest BCUT2D eigenvalue weighted by Crippen LogP contribution is -2.46. The molecule has 0 atom stereocenters. The number of alkyl halides is 3. The van der Waals surface area contributed by atoms with Gasteiger partial charge in [-0.2, -0.15) is 13.2 Å². The average molecular weight is 467 g/mol. The van der Waals surface area contributed by atoms with E-state index in [4.69, 9.17) is 9.47 Å². The second-order valence-corrected chi connectivity index (χ2v) is 8.86. The number of rotatable bonds is 6. The molecule has 1 N–H and O–H groups in total. The lowest BCUT2D eigenvalue weighted by atomic mass is 9.68. The van der Waals surface area contributed by atoms with E-state index in [1.165, 1.54) is 30.3 Å². The van der Waals surface area contributed by atoms with Crippen molar-refractivity contribution in [1.82, 2.24) is 0 Å². The van der Waals surface area contributed by atoms with Crippen molar-refractivity contribution in [3.05, 3.63) is 54.3 Å². The summed E-state index contributed by atoms with van der Waals surface area (Å²) in [5.74, 6) is -0.0359. The van der Waals surface area contributed by atoms with Crippen molar-refractivity contribution >= 4 is 11.6 Å². The number of carbonyl (C=O) groups is 1. The van der Waals surface area contributed by atoms with E-state index in [1.807, 2.05) is 0 Å². The first-order chi connectivity index (χ1) is 15.6. The Morgan fingerprint density at radius 1 is 0.939 bits per heavy atom. The molecular weight excluding hydrogens is 442 g/mol. The van der Waals surface area contributed by atoms with Gasteiger partial charge in [0.15, 0.2) is 6.61 Å². The molecule has 0 radical (unpaired) electrons. The second kappa shape index (κ2) is 8.85. The van der Waals surface area contributed by atoms with Gasteiger partial charge in [-0.3, -0.25) is 4.79 Å². The third-order valence-electron chi connectivity index (χ3n) is 6.51. The molecule has 2 fully saturated rings. The summed E-state index contributed by atoms with van der Waals surface area (Å²) in [5, 5.41) is 10.9. The Labute approximate surface area is 188 Å². The molecule has 2 aromatic carbocycles. The van der Waals surface area contributed by atoms with Gasteiger partial charge in [-0.15, -0.1) is 0 Å². The van der Waals surface area contributed by atoms with Gasteiger partial charge in [0.05, 0.1) is 11.0 Å². The lowest BCUT2D eigenvalue weighted by molar-refractivity contribution is -0.153. The Morgan fingerprint density at radius 2 is 1.64 bits per heavy atom. The summed E-state index contributed by atoms with van der Waals surface area (Å²) in [6.07, 6.45) is -2.02. The fourth-order valence-electron chi connectivity index (χ4n) is 4.53. The Balaban J connectivity index is 1.34. The molecule has 2 aliphatic rings. The van der Waals surface area contributed by atoms with Crippen LogP contribution in [0.1, 0.15) is 32.1 Å². The number of ether oxygens (including phenoxy) is 2. The highest BCUT2D eigenvalue weighted by molar-refractivity contribution is 6.00. The molecule has 33 heavy (non-hydrogen) atoms. The first kappa shape index (κ1) is 23.4. The van der Waals surface area contributed by atoms with Crippen LogP contribution in [0, 0.1) is 11.2 Å². The van der Waals surface area contributed by atoms with E-state index < -0.39 is 29.6 Å². The van der Waals surface area contributed by atoms with Crippen molar-refractivity contribution in [2.45, 2.75) is 43.9 Å². The SMILES string of the molecule is O=C1N(c2ccc(OCC(F)(F)F)cc2)CC[C@]12CC[C@](O)(COc1cccc(F)c1)CC2. The van der Waals surface area contributed by atoms with Gasteiger partial charge < -0.3 is 19.5 Å². The van der Waals surface area contributed by atoms with Gasteiger partial charge in [0, 0.05) is 18.3 Å². The monoisotopic (exact) mass is 467 g/mol. The molecule has 1 saturated carbocycles. The topological polar surface area (TPSA) is 59.0 Å². The Morgan fingerprint density at radius 3 is 2.27 bits per heavy atom. The van der Waals surface area contributed by atoms with Crippen molar-refractivity contribution in [1.29, 1.82) is 0 Å². The number of aliphatic hydroxyl groups is 1. The molecule has 9 heteroatoms. The van der Waals surface area contributed by atoms with Gasteiger partial charge in [0.1, 0.15) is 23.9 Å². The molecule has 0 bridgehead atoms. The zero-order valence-corrected chi connectivity index (χ0v) is 17.9. The molecule has 4 rings (SSSR count). The molecule has 1 heterocycles. The summed E-state index contributed by atoms with van der Waals surface area (Å²) < 4.78 is 60.5. The van der Waals surface area contributed by atoms with Crippen molar-refractivity contribution in [2.24, 2.45) is 5.41 Å². The van der Waals surface area contributed by atoms with Crippen LogP contribution in [0.2, 0.25) is 0 Å². The third-order valence-corrected chi connectivity index (χ3v) is 6.51. The standard InChI is InChI=1S/C24H25F4NO4/c25-17-2-1-3-20(14-17)32-15-23(31)10-8-22(9-11-23)12-13-29(21(22)30)18-4-6-19(7-5-18)33-16-24(26,27)28/h1-7,14,31H,8-13,15-16H2/t22-,23-. The Bertz CT molecular complexity index is 985. The zero-order chi connectivity index (χ0) is 23.7. The first-order valence-corrected chi connectivity index (χ1v) is 10.8. The molecule has 1 spiro atoms. The molecular formula is C24H25F4NO4. The molecule has 178 valence electrons. The summed E-state index contributed by atoms with van der Waals surface area (Å²) in [5.41, 5.74) is -1.06. The quantitative estimate of drug-likeness (QED) is 0.616. The normalized spacial score (nSPS) is 25.5. The predicted molar refractivity (Wildman–Crippen MR) is 113 cm³/mol. The largest absolute Gasteiger partial charge is 0.490 e. The summed E-state index contributed by atoms with van der Waals surface area (Å²) in [6, 6.07) is 11.7. The van der Waals surface area contributed by atoms with Crippen molar-refractivity contribution in [3.8, 4) is 11.5 Å². The summed E-state index contributed by atoms with van der Waals surface area (Å²) in [7, 11) is 0. The number of halogens is 4. The van der Waals surface area contributed by atoms with Crippen molar-refractivity contribution in [3.63, 3.8) is 0 Å². The van der Waals surface area contributed by atoms with Gasteiger partial charge in [-0.05, 0) is 68.5 Å². The minimum absolute atomic E-state index is 0.0177. The first-order valence-electron chi connectivity index (χ1n) is 10.8. The van der Waals surface area contributed by atoms with Crippen molar-refractivity contribution < 1.29 is 36.9 Å². The number of anilines is 1. The molecule has 5 nitrogen and oxygen atoms in total. The van der Waals surface area contributed by atoms with Gasteiger partial charge >= 0.3 is 6.18 Å². The highest BCUT2D eigenvalue weighted by atomic mass is 19.4. The molecule has 1 amide bonds. The minimum atomic E-state index is -4.42. The second-order valence-electron chi connectivity index (χ2n) is 8.86. The van der Waals surface area contributed by atoms with Gasteiger partial charge in [0.2, 0.25) is 5.91 Å². The third kappa shape index (κ3) is 5.40. The number of amides is 1. The van der Waals surface area contributed by atoms with Crippen LogP contribution in [0.4, 0.5) is 23.2 Å². The van der Waals surface area contributed by atoms with E-state index in [0.717, 1.165) is 0 Å². The van der Waals surface area contributed by atoms with E-state index in [0.29, 0.717) is 50.1 Å². The smallest absolute Gasteiger partial charge is 0.422 e. The average Bonchev–Trinajstić information content (AvgIpc) is 3.09. The summed E-state index contributed by atoms with van der Waals surface area (Å²) in [4.78, 5) is 14.9. The molecule has 1 aliphatic heterocycles. The van der Waals surface area contributed by atoms with Crippen molar-refractivity contribution in [2.75, 3.05) is 24.7 Å². The number of benzene rings is 2. The fourth-order valence-corrected chi connectivity index (χ4v) is 4.53. The van der Waals surface area contributed by atoms with Gasteiger partial charge in [0.25, 0.3) is 0 Å². The van der Waals surface area contributed by atoms with E-state index >= 15 is 0 Å². The van der Waals surface area contributed by atoms with Crippen LogP contribution in [0.5, 0.6) is 11.5 Å². The van der Waals surface area contributed by atoms with Crippen LogP contribution >= 0.6 is 0 Å². The lowest BCUT2D eigenvalue weighted by Gasteiger charge is -2.40. The number of nitrogens with zero attached hydrogens (tertiary/aromatic N) is 1. The maximum absolute atomic E-state index is 13.3. The molecule has 2 aromatic rings. The van der Waals surface area contributed by atoms with Crippen LogP contribution in [0.25, 0.3) is 0 Å². The maximum atomic E-state index is 13.3. The number of hydrogen-bond acceptors (Lipinski definition) is 4. The molecule has 0 unspecified atom stereocenters.